The molecule has 1 amide bonds. The lowest BCUT2D eigenvalue weighted by atomic mass is 9.95. The molecule has 0 radical (unpaired) electrons. The van der Waals surface area contributed by atoms with E-state index in [1.165, 1.54) is 6.42 Å². The minimum atomic E-state index is -0.0942. The fourth-order valence-corrected chi connectivity index (χ4v) is 3.80. The van der Waals surface area contributed by atoms with Crippen LogP contribution in [0.25, 0.3) is 11.0 Å². The van der Waals surface area contributed by atoms with Crippen molar-refractivity contribution in [2.24, 2.45) is 0 Å². The van der Waals surface area contributed by atoms with Gasteiger partial charge in [0.05, 0.1) is 9.77 Å². The lowest BCUT2D eigenvalue weighted by molar-refractivity contribution is 0.0926. The third-order valence-corrected chi connectivity index (χ3v) is 5.10. The summed E-state index contributed by atoms with van der Waals surface area (Å²) < 4.78 is 6.34. The largest absolute Gasteiger partial charge is 0.462 e. The number of rotatable bonds is 2. The fraction of sp³-hybridized carbons (Fsp3) is 0.429. The van der Waals surface area contributed by atoms with Crippen LogP contribution in [0.4, 0.5) is 0 Å². The molecular formula is C14H14IN3O2. The number of furan rings is 1. The molecule has 4 heterocycles. The molecular weight excluding hydrogens is 369 g/mol. The van der Waals surface area contributed by atoms with Crippen LogP contribution in [0.2, 0.25) is 0 Å². The number of aromatic nitrogens is 1. The predicted octanol–water partition coefficient (Wildman–Crippen LogP) is 2.06. The number of carbonyl (C=O) groups excluding carboxylic acids is 1. The maximum absolute atomic E-state index is 12.3. The molecule has 0 aliphatic carbocycles. The van der Waals surface area contributed by atoms with Gasteiger partial charge in [-0.05, 0) is 47.9 Å². The second kappa shape index (κ2) is 4.70. The minimum absolute atomic E-state index is 0.0942. The summed E-state index contributed by atoms with van der Waals surface area (Å²) in [6.45, 7) is 0. The van der Waals surface area contributed by atoms with Crippen molar-refractivity contribution in [3.8, 4) is 0 Å². The van der Waals surface area contributed by atoms with E-state index in [2.05, 4.69) is 38.2 Å². The first-order valence-electron chi connectivity index (χ1n) is 6.80. The molecule has 2 bridgehead atoms. The zero-order valence-corrected chi connectivity index (χ0v) is 12.9. The summed E-state index contributed by atoms with van der Waals surface area (Å²) in [6.07, 6.45) is 6.71. The van der Waals surface area contributed by atoms with Crippen LogP contribution in [0, 0.1) is 3.57 Å². The first kappa shape index (κ1) is 12.6. The number of carbonyl (C=O) groups is 1. The number of hydrogen-bond donors (Lipinski definition) is 2. The SMILES string of the molecule is O=C(N[C@@H]1C[C@H]2CC[C@@H]1N2)c1cc2c(I)coc2cn1. The highest BCUT2D eigenvalue weighted by Gasteiger charge is 2.39. The highest BCUT2D eigenvalue weighted by molar-refractivity contribution is 14.1. The molecule has 0 spiro atoms. The Kier molecular flexibility index (Phi) is 2.95. The molecule has 2 aliphatic rings. The molecule has 2 aliphatic heterocycles. The maximum atomic E-state index is 12.3. The van der Waals surface area contributed by atoms with Crippen molar-refractivity contribution in [3.05, 3.63) is 27.8 Å². The summed E-state index contributed by atoms with van der Waals surface area (Å²) in [4.78, 5) is 16.5. The van der Waals surface area contributed by atoms with E-state index < -0.39 is 0 Å². The Morgan fingerprint density at radius 1 is 1.50 bits per heavy atom. The van der Waals surface area contributed by atoms with Crippen LogP contribution < -0.4 is 10.6 Å². The van der Waals surface area contributed by atoms with E-state index >= 15 is 0 Å². The van der Waals surface area contributed by atoms with Crippen LogP contribution in [0.3, 0.4) is 0 Å². The van der Waals surface area contributed by atoms with Crippen molar-refractivity contribution >= 4 is 39.5 Å². The smallest absolute Gasteiger partial charge is 0.270 e. The Bertz CT molecular complexity index is 684. The molecule has 104 valence electrons. The van der Waals surface area contributed by atoms with Gasteiger partial charge in [0.15, 0.2) is 5.58 Å². The zero-order chi connectivity index (χ0) is 13.7. The third kappa shape index (κ3) is 2.01. The Hall–Kier alpha value is -1.15. The number of amides is 1. The monoisotopic (exact) mass is 383 g/mol. The van der Waals surface area contributed by atoms with Crippen LogP contribution in [0.15, 0.2) is 22.9 Å². The van der Waals surface area contributed by atoms with Crippen LogP contribution >= 0.6 is 22.6 Å². The Morgan fingerprint density at radius 3 is 3.15 bits per heavy atom. The lowest BCUT2D eigenvalue weighted by Crippen LogP contribution is -2.43. The Morgan fingerprint density at radius 2 is 2.40 bits per heavy atom. The number of nitrogens with one attached hydrogen (secondary N) is 2. The Labute approximate surface area is 129 Å². The van der Waals surface area contributed by atoms with Crippen LogP contribution in [0.5, 0.6) is 0 Å². The van der Waals surface area contributed by atoms with E-state index in [-0.39, 0.29) is 11.9 Å². The molecule has 20 heavy (non-hydrogen) atoms. The summed E-state index contributed by atoms with van der Waals surface area (Å²) in [7, 11) is 0. The summed E-state index contributed by atoms with van der Waals surface area (Å²) in [5.41, 5.74) is 1.17. The van der Waals surface area contributed by atoms with Gasteiger partial charge in [0, 0.05) is 23.5 Å². The van der Waals surface area contributed by atoms with Gasteiger partial charge in [-0.1, -0.05) is 0 Å². The average molecular weight is 383 g/mol. The summed E-state index contributed by atoms with van der Waals surface area (Å²) in [6, 6.07) is 3.05. The molecule has 3 atom stereocenters. The molecule has 5 nitrogen and oxygen atoms in total. The molecule has 2 aromatic heterocycles. The van der Waals surface area contributed by atoms with Gasteiger partial charge in [0.2, 0.25) is 0 Å². The second-order valence-electron chi connectivity index (χ2n) is 5.51. The maximum Gasteiger partial charge on any atom is 0.270 e. The normalized spacial score (nSPS) is 28.1. The van der Waals surface area contributed by atoms with Crippen molar-refractivity contribution in [3.63, 3.8) is 0 Å². The molecule has 2 fully saturated rings. The standard InChI is InChI=1S/C14H14IN3O2/c15-9-6-20-13-5-16-12(4-8(9)13)14(19)18-11-3-7-1-2-10(11)17-7/h4-7,10-11,17H,1-3H2,(H,18,19)/t7-,10+,11-/m1/s1. The highest BCUT2D eigenvalue weighted by atomic mass is 127. The predicted molar refractivity (Wildman–Crippen MR) is 82.5 cm³/mol. The number of hydrogen-bond acceptors (Lipinski definition) is 4. The van der Waals surface area contributed by atoms with Gasteiger partial charge in [-0.25, -0.2) is 4.98 Å². The quantitative estimate of drug-likeness (QED) is 0.780. The number of halogens is 1. The molecule has 4 rings (SSSR count). The Balaban J connectivity index is 1.56. The van der Waals surface area contributed by atoms with Crippen molar-refractivity contribution in [1.82, 2.24) is 15.6 Å². The minimum Gasteiger partial charge on any atom is -0.462 e. The van der Waals surface area contributed by atoms with Crippen molar-refractivity contribution < 1.29 is 9.21 Å². The fourth-order valence-electron chi connectivity index (χ4n) is 3.25. The van der Waals surface area contributed by atoms with E-state index in [0.29, 0.717) is 23.4 Å². The van der Waals surface area contributed by atoms with Gasteiger partial charge in [-0.2, -0.15) is 0 Å². The van der Waals surface area contributed by atoms with Crippen LogP contribution in [-0.4, -0.2) is 29.0 Å². The van der Waals surface area contributed by atoms with Gasteiger partial charge in [0.25, 0.3) is 5.91 Å². The van der Waals surface area contributed by atoms with E-state index in [9.17, 15) is 4.79 Å². The molecule has 0 saturated carbocycles. The van der Waals surface area contributed by atoms with E-state index in [1.54, 1.807) is 18.5 Å². The van der Waals surface area contributed by atoms with Gasteiger partial charge in [0.1, 0.15) is 12.0 Å². The number of fused-ring (bicyclic) bond motifs is 3. The second-order valence-corrected chi connectivity index (χ2v) is 6.67. The molecule has 6 heteroatoms. The van der Waals surface area contributed by atoms with Crippen LogP contribution in [0.1, 0.15) is 29.8 Å². The first-order valence-corrected chi connectivity index (χ1v) is 7.88. The van der Waals surface area contributed by atoms with Gasteiger partial charge in [-0.3, -0.25) is 4.79 Å². The first-order chi connectivity index (χ1) is 9.70. The summed E-state index contributed by atoms with van der Waals surface area (Å²) in [5.74, 6) is -0.0942. The third-order valence-electron chi connectivity index (χ3n) is 4.26. The van der Waals surface area contributed by atoms with Crippen molar-refractivity contribution in [2.45, 2.75) is 37.4 Å². The highest BCUT2D eigenvalue weighted by Crippen LogP contribution is 2.28. The number of pyridine rings is 1. The molecule has 2 saturated heterocycles. The molecule has 2 N–H and O–H groups in total. The topological polar surface area (TPSA) is 67.2 Å². The van der Waals surface area contributed by atoms with Crippen LogP contribution in [-0.2, 0) is 0 Å². The van der Waals surface area contributed by atoms with Gasteiger partial charge in [-0.15, -0.1) is 0 Å². The van der Waals surface area contributed by atoms with Gasteiger partial charge < -0.3 is 15.1 Å². The van der Waals surface area contributed by atoms with E-state index in [1.807, 2.05) is 0 Å². The average Bonchev–Trinajstić information content (AvgIpc) is 3.15. The summed E-state index contributed by atoms with van der Waals surface area (Å²) >= 11 is 2.20. The van der Waals surface area contributed by atoms with Crippen molar-refractivity contribution in [2.75, 3.05) is 0 Å². The molecule has 2 aromatic rings. The lowest BCUT2D eigenvalue weighted by Gasteiger charge is -2.21. The van der Waals surface area contributed by atoms with Crippen molar-refractivity contribution in [1.29, 1.82) is 0 Å². The van der Waals surface area contributed by atoms with E-state index in [4.69, 9.17) is 4.42 Å². The molecule has 0 unspecified atom stereocenters. The summed E-state index contributed by atoms with van der Waals surface area (Å²) in [5, 5.41) is 7.57. The van der Waals surface area contributed by atoms with Gasteiger partial charge >= 0.3 is 0 Å². The number of nitrogens with zero attached hydrogens (tertiary/aromatic N) is 1. The molecule has 0 aromatic carbocycles. The van der Waals surface area contributed by atoms with E-state index in [0.717, 1.165) is 21.8 Å². The zero-order valence-electron chi connectivity index (χ0n) is 10.7.